The van der Waals surface area contributed by atoms with Gasteiger partial charge in [0.05, 0.1) is 5.56 Å². The van der Waals surface area contributed by atoms with Crippen LogP contribution in [0.1, 0.15) is 26.3 Å². The molecule has 5 atom stereocenters. The van der Waals surface area contributed by atoms with E-state index in [1.54, 1.807) is 12.1 Å². The van der Waals surface area contributed by atoms with Gasteiger partial charge < -0.3 is 18.9 Å². The number of ether oxygens (including phenoxy) is 4. The van der Waals surface area contributed by atoms with Crippen LogP contribution in [-0.4, -0.2) is 54.3 Å². The van der Waals surface area contributed by atoms with Gasteiger partial charge in [-0.2, -0.15) is 5.26 Å². The fourth-order valence-electron chi connectivity index (χ4n) is 2.99. The van der Waals surface area contributed by atoms with Crippen molar-refractivity contribution in [1.82, 2.24) is 0 Å². The van der Waals surface area contributed by atoms with Gasteiger partial charge in [0, 0.05) is 35.6 Å². The third kappa shape index (κ3) is 6.77. The average Bonchev–Trinajstić information content (AvgIpc) is 2.71. The first kappa shape index (κ1) is 25.3. The summed E-state index contributed by atoms with van der Waals surface area (Å²) in [7, 11) is 0. The summed E-state index contributed by atoms with van der Waals surface area (Å²) in [5.74, 6) is -2.01. The van der Waals surface area contributed by atoms with E-state index in [1.807, 2.05) is 6.07 Å². The maximum Gasteiger partial charge on any atom is 0.303 e. The third-order valence-electron chi connectivity index (χ3n) is 4.16. The van der Waals surface area contributed by atoms with Gasteiger partial charge in [0.1, 0.15) is 42.5 Å². The first-order valence-corrected chi connectivity index (χ1v) is 10.5. The molecule has 1 fully saturated rings. The van der Waals surface area contributed by atoms with E-state index in [0.29, 0.717) is 9.92 Å². The molecule has 13 heteroatoms. The minimum Gasteiger partial charge on any atom is -0.463 e. The van der Waals surface area contributed by atoms with Crippen molar-refractivity contribution < 1.29 is 33.3 Å². The van der Waals surface area contributed by atoms with Crippen molar-refractivity contribution in [3.05, 3.63) is 39.2 Å². The zero-order valence-electron chi connectivity index (χ0n) is 17.3. The van der Waals surface area contributed by atoms with Crippen molar-refractivity contribution in [2.45, 2.75) is 55.5 Å². The highest BCUT2D eigenvalue weighted by Gasteiger charge is 2.50. The van der Waals surface area contributed by atoms with Crippen LogP contribution in [0, 0.1) is 11.3 Å². The van der Waals surface area contributed by atoms with Gasteiger partial charge in [0.2, 0.25) is 0 Å². The normalized spacial score (nSPS) is 24.4. The van der Waals surface area contributed by atoms with Gasteiger partial charge in [-0.1, -0.05) is 28.5 Å². The van der Waals surface area contributed by atoms with Crippen molar-refractivity contribution in [3.8, 4) is 6.07 Å². The molecule has 2 rings (SSSR count). The number of rotatable bonds is 7. The average molecular weight is 483 g/mol. The number of carbonyl (C=O) groups excluding carboxylic acids is 3. The lowest BCUT2D eigenvalue weighted by atomic mass is 9.97. The van der Waals surface area contributed by atoms with Gasteiger partial charge in [-0.05, 0) is 23.7 Å². The van der Waals surface area contributed by atoms with Gasteiger partial charge in [0.15, 0.2) is 0 Å². The number of nitrogens with zero attached hydrogens (tertiary/aromatic N) is 4. The van der Waals surface area contributed by atoms with E-state index in [2.05, 4.69) is 10.0 Å². The van der Waals surface area contributed by atoms with Crippen molar-refractivity contribution in [3.63, 3.8) is 0 Å². The van der Waals surface area contributed by atoms with Gasteiger partial charge in [-0.3, -0.25) is 14.4 Å². The minimum absolute atomic E-state index is 0.242. The molecule has 32 heavy (non-hydrogen) atoms. The lowest BCUT2D eigenvalue weighted by molar-refractivity contribution is -0.201. The Labute approximate surface area is 192 Å². The summed E-state index contributed by atoms with van der Waals surface area (Å²) in [5, 5.41) is 13.5. The van der Waals surface area contributed by atoms with E-state index in [9.17, 15) is 19.6 Å². The van der Waals surface area contributed by atoms with Crippen LogP contribution >= 0.6 is 23.4 Å². The van der Waals surface area contributed by atoms with Crippen molar-refractivity contribution in [2.75, 3.05) is 6.61 Å². The SMILES string of the molecule is CC(=O)OC[C@H]1O[C@H](Sc2ccc(Cl)cc2C#N)[C@H](OC(C)=O)[C@@H](N=[N+]=[N-])[C@H]1OC(C)=O. The van der Waals surface area contributed by atoms with Crippen LogP contribution < -0.4 is 0 Å². The molecule has 1 aromatic carbocycles. The highest BCUT2D eigenvalue weighted by molar-refractivity contribution is 7.99. The molecule has 1 heterocycles. The number of nitriles is 1. The van der Waals surface area contributed by atoms with Crippen LogP contribution in [0.5, 0.6) is 0 Å². The number of thioether (sulfide) groups is 1. The molecule has 0 aliphatic carbocycles. The summed E-state index contributed by atoms with van der Waals surface area (Å²) in [6, 6.07) is 5.42. The van der Waals surface area contributed by atoms with Crippen LogP contribution in [0.2, 0.25) is 5.02 Å². The first-order chi connectivity index (χ1) is 15.2. The maximum absolute atomic E-state index is 11.8. The molecule has 0 unspecified atom stereocenters. The summed E-state index contributed by atoms with van der Waals surface area (Å²) in [4.78, 5) is 38.0. The number of benzene rings is 1. The van der Waals surface area contributed by atoms with Crippen molar-refractivity contribution in [1.29, 1.82) is 5.26 Å². The van der Waals surface area contributed by atoms with Crippen molar-refractivity contribution >= 4 is 41.3 Å². The zero-order chi connectivity index (χ0) is 23.8. The van der Waals surface area contributed by atoms with Crippen LogP contribution in [0.25, 0.3) is 10.4 Å². The fourth-order valence-corrected chi connectivity index (χ4v) is 4.34. The van der Waals surface area contributed by atoms with Crippen LogP contribution in [0.4, 0.5) is 0 Å². The number of esters is 3. The summed E-state index contributed by atoms with van der Waals surface area (Å²) in [6.07, 6.45) is -3.43. The number of carbonyl (C=O) groups is 3. The summed E-state index contributed by atoms with van der Waals surface area (Å²) in [6.45, 7) is 3.17. The maximum atomic E-state index is 11.8. The van der Waals surface area contributed by atoms with Gasteiger partial charge in [-0.25, -0.2) is 0 Å². The predicted octanol–water partition coefficient (Wildman–Crippen LogP) is 3.13. The third-order valence-corrected chi connectivity index (χ3v) is 5.62. The Morgan fingerprint density at radius 2 is 1.88 bits per heavy atom. The molecular weight excluding hydrogens is 464 g/mol. The second-order valence-electron chi connectivity index (χ2n) is 6.56. The van der Waals surface area contributed by atoms with Gasteiger partial charge in [-0.15, -0.1) is 0 Å². The number of hydrogen-bond donors (Lipinski definition) is 0. The topological polar surface area (TPSA) is 161 Å². The first-order valence-electron chi connectivity index (χ1n) is 9.20. The van der Waals surface area contributed by atoms with E-state index in [0.717, 1.165) is 25.6 Å². The van der Waals surface area contributed by atoms with Crippen LogP contribution in [-0.2, 0) is 33.3 Å². The zero-order valence-corrected chi connectivity index (χ0v) is 18.8. The van der Waals surface area contributed by atoms with Crippen LogP contribution in [0.15, 0.2) is 28.2 Å². The number of hydrogen-bond acceptors (Lipinski definition) is 10. The Morgan fingerprint density at radius 3 is 2.44 bits per heavy atom. The second-order valence-corrected chi connectivity index (χ2v) is 8.14. The van der Waals surface area contributed by atoms with E-state index < -0.39 is 47.7 Å². The molecule has 0 spiro atoms. The Kier molecular flexibility index (Phi) is 9.16. The largest absolute Gasteiger partial charge is 0.463 e. The van der Waals surface area contributed by atoms with E-state index >= 15 is 0 Å². The van der Waals surface area contributed by atoms with Crippen LogP contribution in [0.3, 0.4) is 0 Å². The summed E-state index contributed by atoms with van der Waals surface area (Å²) in [5.41, 5.74) is 8.34. The quantitative estimate of drug-likeness (QED) is 0.187. The van der Waals surface area contributed by atoms with Gasteiger partial charge >= 0.3 is 17.9 Å². The molecule has 11 nitrogen and oxygen atoms in total. The molecule has 1 aromatic rings. The van der Waals surface area contributed by atoms with E-state index in [-0.39, 0.29) is 12.2 Å². The summed E-state index contributed by atoms with van der Waals surface area (Å²) < 4.78 is 21.6. The van der Waals surface area contributed by atoms with E-state index in [4.69, 9.17) is 36.1 Å². The molecule has 0 N–H and O–H groups in total. The van der Waals surface area contributed by atoms with E-state index in [1.165, 1.54) is 13.0 Å². The Bertz CT molecular complexity index is 979. The molecule has 1 aliphatic heterocycles. The number of halogens is 1. The van der Waals surface area contributed by atoms with Gasteiger partial charge in [0.25, 0.3) is 0 Å². The molecule has 0 aromatic heterocycles. The fraction of sp³-hybridized carbons (Fsp3) is 0.474. The molecule has 0 saturated carbocycles. The Balaban J connectivity index is 2.50. The highest BCUT2D eigenvalue weighted by Crippen LogP contribution is 2.39. The molecule has 1 aliphatic rings. The summed E-state index contributed by atoms with van der Waals surface area (Å²) >= 11 is 6.97. The Morgan fingerprint density at radius 1 is 1.22 bits per heavy atom. The molecule has 0 amide bonds. The minimum atomic E-state index is -1.20. The predicted molar refractivity (Wildman–Crippen MR) is 111 cm³/mol. The standard InChI is InChI=1S/C19H19ClN4O7S/c1-9(25)28-8-14-17(29-10(2)26)16(23-24-22)18(30-11(3)27)19(31-14)32-15-5-4-13(20)6-12(15)7-21/h4-6,14,16-19H,8H2,1-3H3/t14-,16+,17+,18-,19-/m1/s1. The lowest BCUT2D eigenvalue weighted by Crippen LogP contribution is -2.59. The molecule has 170 valence electrons. The van der Waals surface area contributed by atoms with Crippen molar-refractivity contribution in [2.24, 2.45) is 5.11 Å². The molecule has 0 radical (unpaired) electrons. The molecule has 0 bridgehead atoms. The molecule has 1 saturated heterocycles. The second kappa shape index (κ2) is 11.6. The highest BCUT2D eigenvalue weighted by atomic mass is 35.5. The molecular formula is C19H19ClN4O7S. The monoisotopic (exact) mass is 482 g/mol. The lowest BCUT2D eigenvalue weighted by Gasteiger charge is -2.43. The Hall–Kier alpha value is -2.97. The number of azide groups is 1. The smallest absolute Gasteiger partial charge is 0.303 e.